The van der Waals surface area contributed by atoms with E-state index < -0.39 is 0 Å². The topological polar surface area (TPSA) is 17.1 Å². The maximum Gasteiger partial charge on any atom is 0.194 e. The van der Waals surface area contributed by atoms with E-state index in [-0.39, 0.29) is 83.2 Å². The van der Waals surface area contributed by atoms with Gasteiger partial charge in [-0.3, -0.25) is 4.79 Å². The van der Waals surface area contributed by atoms with Crippen LogP contribution in [-0.2, 0) is 18.6 Å². The maximum atomic E-state index is 12.9. The van der Waals surface area contributed by atoms with Gasteiger partial charge in [-0.2, -0.15) is 0 Å². The maximum absolute atomic E-state index is 12.9. The Labute approximate surface area is 200 Å². The summed E-state index contributed by atoms with van der Waals surface area (Å²) in [6, 6.07) is 5.98. The van der Waals surface area contributed by atoms with Crippen LogP contribution >= 0.6 is 0 Å². The van der Waals surface area contributed by atoms with Gasteiger partial charge < -0.3 is 7.43 Å². The molecule has 2 aliphatic rings. The van der Waals surface area contributed by atoms with Crippen molar-refractivity contribution in [3.8, 4) is 0 Å². The fourth-order valence-corrected chi connectivity index (χ4v) is 3.30. The molecule has 1 aromatic rings. The fraction of sp³-hybridized carbons (Fsp3) is 0.238. The summed E-state index contributed by atoms with van der Waals surface area (Å²) in [6.07, 6.45) is 5.31. The predicted octanol–water partition coefficient (Wildman–Crippen LogP) is 5.25. The predicted molar refractivity (Wildman–Crippen MR) is 100 cm³/mol. The molecular weight excluding hydrogens is 358 g/mol. The Morgan fingerprint density at radius 2 is 1.88 bits per heavy atom. The van der Waals surface area contributed by atoms with Crippen molar-refractivity contribution in [2.75, 3.05) is 0 Å². The van der Waals surface area contributed by atoms with Crippen LogP contribution in [0.5, 0.6) is 0 Å². The number of Topliss-reactive ketones (excluding diaryl/α,β-unsaturated/α-hetero) is 1. The summed E-state index contributed by atoms with van der Waals surface area (Å²) in [5.74, 6) is 0.0831. The van der Waals surface area contributed by atoms with E-state index in [0.717, 1.165) is 46.3 Å². The van der Waals surface area contributed by atoms with E-state index in [4.69, 9.17) is 0 Å². The summed E-state index contributed by atoms with van der Waals surface area (Å²) in [6.45, 7) is 12.0. The molecule has 120 valence electrons. The van der Waals surface area contributed by atoms with Gasteiger partial charge in [0.1, 0.15) is 0 Å². The molecule has 2 aliphatic carbocycles. The molecular formula is C21H23KOV-. The van der Waals surface area contributed by atoms with Gasteiger partial charge in [0.25, 0.3) is 0 Å². The standard InChI is InChI=1S/C20H20O.CH3.K.V/c1-5-15-17(12(2)3)20(21)16-11-6-8-13(4)18(16)19(15)14-9-7-10-14;;;/h5-6,8,11H,1-2,7,9-10H2,3-4H3;1H3;;/q;-1;;. The normalized spacial score (nSPS) is 15.3. The Kier molecular flexibility index (Phi) is 9.71. The van der Waals surface area contributed by atoms with Crippen LogP contribution < -0.4 is 0 Å². The van der Waals surface area contributed by atoms with Crippen molar-refractivity contribution in [2.24, 2.45) is 0 Å². The number of fused-ring (bicyclic) bond motifs is 1. The molecule has 3 heteroatoms. The van der Waals surface area contributed by atoms with E-state index >= 15 is 0 Å². The Morgan fingerprint density at radius 3 is 2.33 bits per heavy atom. The molecule has 1 fully saturated rings. The largest absolute Gasteiger partial charge is 0.358 e. The van der Waals surface area contributed by atoms with Gasteiger partial charge >= 0.3 is 0 Å². The molecule has 0 heterocycles. The van der Waals surface area contributed by atoms with Gasteiger partial charge in [-0.1, -0.05) is 43.0 Å². The van der Waals surface area contributed by atoms with Crippen molar-refractivity contribution in [3.63, 3.8) is 0 Å². The molecule has 1 saturated carbocycles. The third kappa shape index (κ3) is 3.91. The van der Waals surface area contributed by atoms with Crippen molar-refractivity contribution in [1.29, 1.82) is 0 Å². The van der Waals surface area contributed by atoms with Gasteiger partial charge in [0, 0.05) is 81.1 Å². The second-order valence-electron chi connectivity index (χ2n) is 5.93. The quantitative estimate of drug-likeness (QED) is 0.505. The average molecular weight is 381 g/mol. The fourth-order valence-electron chi connectivity index (χ4n) is 3.30. The number of allylic oxidation sites excluding steroid dienone is 6. The molecule has 24 heavy (non-hydrogen) atoms. The third-order valence-electron chi connectivity index (χ3n) is 4.47. The molecule has 0 bridgehead atoms. The smallest absolute Gasteiger partial charge is 0.194 e. The van der Waals surface area contributed by atoms with Crippen molar-refractivity contribution in [3.05, 3.63) is 83.8 Å². The van der Waals surface area contributed by atoms with Crippen LogP contribution in [0.15, 0.2) is 59.7 Å². The van der Waals surface area contributed by atoms with Crippen LogP contribution in [0.1, 0.15) is 47.7 Å². The number of hydrogen-bond acceptors (Lipinski definition) is 1. The van der Waals surface area contributed by atoms with Gasteiger partial charge in [0.15, 0.2) is 5.78 Å². The van der Waals surface area contributed by atoms with Crippen LogP contribution in [0.3, 0.4) is 0 Å². The number of rotatable bonds is 2. The summed E-state index contributed by atoms with van der Waals surface area (Å²) in [4.78, 5) is 12.9. The summed E-state index contributed by atoms with van der Waals surface area (Å²) in [7, 11) is 0. The van der Waals surface area contributed by atoms with Gasteiger partial charge in [-0.15, -0.1) is 0 Å². The van der Waals surface area contributed by atoms with Crippen molar-refractivity contribution >= 4 is 62.7 Å². The monoisotopic (exact) mass is 381 g/mol. The van der Waals surface area contributed by atoms with Gasteiger partial charge in [-0.05, 0) is 61.0 Å². The van der Waals surface area contributed by atoms with Crippen molar-refractivity contribution in [1.82, 2.24) is 0 Å². The number of carbonyl (C=O) groups is 1. The minimum absolute atomic E-state index is 0. The van der Waals surface area contributed by atoms with Crippen molar-refractivity contribution in [2.45, 2.75) is 33.1 Å². The van der Waals surface area contributed by atoms with Crippen molar-refractivity contribution < 1.29 is 23.4 Å². The molecule has 0 N–H and O–H groups in total. The summed E-state index contributed by atoms with van der Waals surface area (Å²) >= 11 is 0. The first-order valence-electron chi connectivity index (χ1n) is 7.46. The van der Waals surface area contributed by atoms with Crippen LogP contribution in [0.2, 0.25) is 0 Å². The molecule has 2 radical (unpaired) electrons. The molecule has 0 spiro atoms. The molecule has 0 saturated heterocycles. The number of aryl methyl sites for hydroxylation is 1. The van der Waals surface area contributed by atoms with Crippen LogP contribution in [0.4, 0.5) is 0 Å². The Bertz CT molecular complexity index is 747. The van der Waals surface area contributed by atoms with Gasteiger partial charge in [-0.25, -0.2) is 0 Å². The summed E-state index contributed by atoms with van der Waals surface area (Å²) in [5.41, 5.74) is 8.30. The van der Waals surface area contributed by atoms with E-state index in [9.17, 15) is 4.79 Å². The summed E-state index contributed by atoms with van der Waals surface area (Å²) in [5, 5.41) is 0. The first-order valence-corrected chi connectivity index (χ1v) is 7.46. The average Bonchev–Trinajstić information content (AvgIpc) is 2.39. The molecule has 1 aromatic carbocycles. The second-order valence-corrected chi connectivity index (χ2v) is 5.93. The first-order chi connectivity index (χ1) is 10.1. The Morgan fingerprint density at radius 1 is 1.25 bits per heavy atom. The van der Waals surface area contributed by atoms with Gasteiger partial charge in [0.2, 0.25) is 0 Å². The zero-order valence-corrected chi connectivity index (χ0v) is 19.7. The van der Waals surface area contributed by atoms with E-state index in [1.807, 2.05) is 25.1 Å². The number of hydrogen-bond donors (Lipinski definition) is 0. The van der Waals surface area contributed by atoms with E-state index in [1.165, 1.54) is 17.6 Å². The number of carbonyl (C=O) groups excluding carboxylic acids is 1. The molecule has 0 aliphatic heterocycles. The number of ketones is 1. The van der Waals surface area contributed by atoms with Crippen LogP contribution in [0.25, 0.3) is 5.57 Å². The molecule has 3 rings (SSSR count). The molecule has 0 atom stereocenters. The zero-order chi connectivity index (χ0) is 15.1. The van der Waals surface area contributed by atoms with Gasteiger partial charge in [0.05, 0.1) is 0 Å². The third-order valence-corrected chi connectivity index (χ3v) is 4.47. The zero-order valence-electron chi connectivity index (χ0n) is 15.2. The van der Waals surface area contributed by atoms with E-state index in [0.29, 0.717) is 0 Å². The Balaban J connectivity index is 0.00000176. The Hall–Kier alpha value is 0.0708. The molecule has 0 unspecified atom stereocenters. The summed E-state index contributed by atoms with van der Waals surface area (Å²) < 4.78 is 0. The van der Waals surface area contributed by atoms with Crippen LogP contribution in [0, 0.1) is 14.4 Å². The molecule has 0 aromatic heterocycles. The molecule has 1 nitrogen and oxygen atoms in total. The second kappa shape index (κ2) is 9.68. The van der Waals surface area contributed by atoms with E-state index in [2.05, 4.69) is 26.1 Å². The number of benzene rings is 1. The SMILES string of the molecule is C=CC1=C(C(=C)C)C(=O)c2cccc(C)c2C1=C1CCC1.[CH3-].[K].[V]. The van der Waals surface area contributed by atoms with E-state index in [1.54, 1.807) is 0 Å². The first kappa shape index (κ1) is 24.1. The minimum atomic E-state index is 0. The molecule has 0 amide bonds. The minimum Gasteiger partial charge on any atom is -0.358 e. The van der Waals surface area contributed by atoms with Crippen LogP contribution in [-0.4, -0.2) is 57.2 Å².